The molecule has 0 radical (unpaired) electrons. The van der Waals surface area contributed by atoms with Crippen LogP contribution in [0.3, 0.4) is 0 Å². The highest BCUT2D eigenvalue weighted by Gasteiger charge is 2.26. The van der Waals surface area contributed by atoms with E-state index in [0.717, 1.165) is 45.2 Å². The van der Waals surface area contributed by atoms with Crippen molar-refractivity contribution in [1.82, 2.24) is 9.57 Å². The number of nitriles is 1. The monoisotopic (exact) mass is 385 g/mol. The fraction of sp³-hybridized carbons (Fsp3) is 0.895. The standard InChI is InChI=1S/C19H36N3O3P/c1-17(2)22(18(3)4)26(25-16-10-12-20)24-15-9-5-6-11-19(23)21-13-7-8-14-21/h17-18H,5-11,13-16H2,1-4H3. The number of rotatable bonds is 13. The van der Waals surface area contributed by atoms with Crippen molar-refractivity contribution in [3.8, 4) is 6.07 Å². The molecule has 150 valence electrons. The van der Waals surface area contributed by atoms with Gasteiger partial charge in [-0.05, 0) is 53.4 Å². The number of unbranched alkanes of at least 4 members (excludes halogenated alkanes) is 2. The van der Waals surface area contributed by atoms with Crippen LogP contribution in [0.1, 0.15) is 72.6 Å². The number of carbonyl (C=O) groups excluding carboxylic acids is 1. The number of carbonyl (C=O) groups is 1. The van der Waals surface area contributed by atoms with Gasteiger partial charge in [0.15, 0.2) is 0 Å². The zero-order valence-electron chi connectivity index (χ0n) is 16.9. The van der Waals surface area contributed by atoms with Crippen LogP contribution in [-0.4, -0.2) is 53.9 Å². The first kappa shape index (κ1) is 23.3. The minimum atomic E-state index is -1.15. The van der Waals surface area contributed by atoms with Crippen LogP contribution in [0.5, 0.6) is 0 Å². The second kappa shape index (κ2) is 13.4. The lowest BCUT2D eigenvalue weighted by molar-refractivity contribution is -0.130. The van der Waals surface area contributed by atoms with Crippen molar-refractivity contribution in [2.45, 2.75) is 84.7 Å². The van der Waals surface area contributed by atoms with Crippen LogP contribution in [0.15, 0.2) is 0 Å². The SMILES string of the molecule is CC(C)N(C(C)C)P(OCCC#N)OCCCCCC(=O)N1CCCC1. The molecule has 1 heterocycles. The third kappa shape index (κ3) is 8.77. The largest absolute Gasteiger partial charge is 0.343 e. The van der Waals surface area contributed by atoms with Gasteiger partial charge in [-0.15, -0.1) is 0 Å². The van der Waals surface area contributed by atoms with E-state index in [1.165, 1.54) is 0 Å². The molecule has 1 aliphatic rings. The van der Waals surface area contributed by atoms with E-state index in [2.05, 4.69) is 38.4 Å². The Morgan fingerprint density at radius 3 is 2.27 bits per heavy atom. The van der Waals surface area contributed by atoms with E-state index in [4.69, 9.17) is 14.3 Å². The molecule has 6 nitrogen and oxygen atoms in total. The first-order valence-corrected chi connectivity index (χ1v) is 11.1. The molecular weight excluding hydrogens is 349 g/mol. The van der Waals surface area contributed by atoms with Crippen LogP contribution in [-0.2, 0) is 13.8 Å². The topological polar surface area (TPSA) is 65.8 Å². The highest BCUT2D eigenvalue weighted by Crippen LogP contribution is 2.46. The Bertz CT molecular complexity index is 426. The van der Waals surface area contributed by atoms with Gasteiger partial charge in [-0.3, -0.25) is 4.79 Å². The Labute approximate surface area is 160 Å². The minimum absolute atomic E-state index is 0.302. The van der Waals surface area contributed by atoms with Gasteiger partial charge < -0.3 is 13.9 Å². The minimum Gasteiger partial charge on any atom is -0.343 e. The van der Waals surface area contributed by atoms with E-state index in [9.17, 15) is 4.79 Å². The molecule has 0 aromatic carbocycles. The molecule has 1 amide bonds. The maximum atomic E-state index is 12.0. The number of hydrogen-bond donors (Lipinski definition) is 0. The molecule has 0 spiro atoms. The fourth-order valence-electron chi connectivity index (χ4n) is 3.14. The third-order valence-electron chi connectivity index (χ3n) is 4.36. The fourth-order valence-corrected chi connectivity index (χ4v) is 4.76. The van der Waals surface area contributed by atoms with Crippen LogP contribution < -0.4 is 0 Å². The van der Waals surface area contributed by atoms with Crippen LogP contribution in [0.2, 0.25) is 0 Å². The first-order chi connectivity index (χ1) is 12.5. The summed E-state index contributed by atoms with van der Waals surface area (Å²) in [4.78, 5) is 14.0. The van der Waals surface area contributed by atoms with Crippen LogP contribution >= 0.6 is 8.53 Å². The highest BCUT2D eigenvalue weighted by molar-refractivity contribution is 7.44. The van der Waals surface area contributed by atoms with E-state index in [1.54, 1.807) is 0 Å². The second-order valence-electron chi connectivity index (χ2n) is 7.28. The Kier molecular flexibility index (Phi) is 12.0. The molecule has 1 unspecified atom stereocenters. The van der Waals surface area contributed by atoms with E-state index < -0.39 is 8.53 Å². The van der Waals surface area contributed by atoms with Gasteiger partial charge in [0.2, 0.25) is 5.91 Å². The van der Waals surface area contributed by atoms with Crippen LogP contribution in [0, 0.1) is 11.3 Å². The van der Waals surface area contributed by atoms with E-state index in [0.29, 0.717) is 44.0 Å². The maximum Gasteiger partial charge on any atom is 0.259 e. The number of likely N-dealkylation sites (tertiary alicyclic amines) is 1. The average molecular weight is 385 g/mol. The van der Waals surface area contributed by atoms with E-state index in [-0.39, 0.29) is 0 Å². The predicted molar refractivity (Wildman–Crippen MR) is 105 cm³/mol. The van der Waals surface area contributed by atoms with Crippen molar-refractivity contribution in [1.29, 1.82) is 5.26 Å². The lowest BCUT2D eigenvalue weighted by atomic mass is 10.2. The molecule has 0 N–H and O–H groups in total. The summed E-state index contributed by atoms with van der Waals surface area (Å²) < 4.78 is 14.1. The Morgan fingerprint density at radius 1 is 1.08 bits per heavy atom. The van der Waals surface area contributed by atoms with Crippen molar-refractivity contribution in [2.75, 3.05) is 26.3 Å². The lowest BCUT2D eigenvalue weighted by Gasteiger charge is -2.35. The summed E-state index contributed by atoms with van der Waals surface area (Å²) in [5, 5.41) is 8.72. The smallest absolute Gasteiger partial charge is 0.259 e. The molecule has 1 atom stereocenters. The van der Waals surface area contributed by atoms with Gasteiger partial charge in [-0.1, -0.05) is 6.42 Å². The summed E-state index contributed by atoms with van der Waals surface area (Å²) in [6.07, 6.45) is 6.17. The normalized spacial score (nSPS) is 15.8. The summed E-state index contributed by atoms with van der Waals surface area (Å²) >= 11 is 0. The van der Waals surface area contributed by atoms with Gasteiger partial charge in [-0.25, -0.2) is 4.67 Å². The lowest BCUT2D eigenvalue weighted by Crippen LogP contribution is -2.33. The van der Waals surface area contributed by atoms with Crippen molar-refractivity contribution in [2.24, 2.45) is 0 Å². The molecule has 0 aromatic rings. The molecule has 26 heavy (non-hydrogen) atoms. The molecule has 1 aliphatic heterocycles. The molecule has 1 rings (SSSR count). The van der Waals surface area contributed by atoms with Gasteiger partial charge in [0.1, 0.15) is 0 Å². The van der Waals surface area contributed by atoms with Crippen molar-refractivity contribution in [3.63, 3.8) is 0 Å². The number of hydrogen-bond acceptors (Lipinski definition) is 5. The second-order valence-corrected chi connectivity index (χ2v) is 8.73. The van der Waals surface area contributed by atoms with E-state index >= 15 is 0 Å². The summed E-state index contributed by atoms with van der Waals surface area (Å²) in [5.41, 5.74) is 0. The molecule has 0 aliphatic carbocycles. The molecule has 0 bridgehead atoms. The van der Waals surface area contributed by atoms with Gasteiger partial charge in [-0.2, -0.15) is 5.26 Å². The highest BCUT2D eigenvalue weighted by atomic mass is 31.2. The molecular formula is C19H36N3O3P. The molecule has 7 heteroatoms. The predicted octanol–water partition coefficient (Wildman–Crippen LogP) is 4.46. The Morgan fingerprint density at radius 2 is 1.69 bits per heavy atom. The van der Waals surface area contributed by atoms with Crippen LogP contribution in [0.25, 0.3) is 0 Å². The van der Waals surface area contributed by atoms with E-state index in [1.807, 2.05) is 4.90 Å². The summed E-state index contributed by atoms with van der Waals surface area (Å²) in [7, 11) is -1.15. The third-order valence-corrected chi connectivity index (χ3v) is 6.47. The summed E-state index contributed by atoms with van der Waals surface area (Å²) in [6.45, 7) is 11.5. The van der Waals surface area contributed by atoms with Gasteiger partial charge in [0, 0.05) is 31.6 Å². The van der Waals surface area contributed by atoms with Crippen molar-refractivity contribution in [3.05, 3.63) is 0 Å². The number of nitrogens with zero attached hydrogens (tertiary/aromatic N) is 3. The van der Waals surface area contributed by atoms with Gasteiger partial charge in [0.05, 0.1) is 25.7 Å². The van der Waals surface area contributed by atoms with Gasteiger partial charge in [0.25, 0.3) is 8.53 Å². The summed E-state index contributed by atoms with van der Waals surface area (Å²) in [6, 6.07) is 2.75. The van der Waals surface area contributed by atoms with Crippen molar-refractivity contribution < 1.29 is 13.8 Å². The summed E-state index contributed by atoms with van der Waals surface area (Å²) in [5.74, 6) is 0.302. The quantitative estimate of drug-likeness (QED) is 0.346. The maximum absolute atomic E-state index is 12.0. The van der Waals surface area contributed by atoms with Crippen molar-refractivity contribution >= 4 is 14.4 Å². The molecule has 0 aromatic heterocycles. The zero-order chi connectivity index (χ0) is 19.4. The van der Waals surface area contributed by atoms with Gasteiger partial charge >= 0.3 is 0 Å². The Balaban J connectivity index is 2.29. The Hall–Kier alpha value is -0.730. The average Bonchev–Trinajstić information content (AvgIpc) is 3.11. The molecule has 1 saturated heterocycles. The first-order valence-electron chi connectivity index (χ1n) is 9.96. The molecule has 1 fully saturated rings. The number of amides is 1. The zero-order valence-corrected chi connectivity index (χ0v) is 17.8. The molecule has 0 saturated carbocycles. The van der Waals surface area contributed by atoms with Crippen LogP contribution in [0.4, 0.5) is 0 Å².